The van der Waals surface area contributed by atoms with Crippen LogP contribution < -0.4 is 14.8 Å². The lowest BCUT2D eigenvalue weighted by atomic mass is 10.0. The van der Waals surface area contributed by atoms with Crippen LogP contribution >= 0.6 is 0 Å². The standard InChI is InChI=1S/C25H18F2N2O4/c26-17-4-1-12(9-18(17)27)19(30)11-16-23-15-10-13(2-5-20(15)33-24(16)23)32-21-7-8-28-25-14(21)3-6-22(31)29-25/h1-2,4-5,7-10,16,23-24H,3,6,11H2,(H,28,29,31)/t16-,23-,24+/m0/s1. The summed E-state index contributed by atoms with van der Waals surface area (Å²) in [6.45, 7) is 0. The van der Waals surface area contributed by atoms with Crippen LogP contribution in [-0.4, -0.2) is 22.8 Å². The predicted octanol–water partition coefficient (Wildman–Crippen LogP) is 4.78. The molecule has 2 aliphatic heterocycles. The second kappa shape index (κ2) is 7.37. The molecule has 1 saturated carbocycles. The van der Waals surface area contributed by atoms with Crippen molar-refractivity contribution in [2.24, 2.45) is 5.92 Å². The summed E-state index contributed by atoms with van der Waals surface area (Å²) in [5.41, 5.74) is 1.98. The first kappa shape index (κ1) is 19.8. The van der Waals surface area contributed by atoms with Crippen molar-refractivity contribution < 1.29 is 27.8 Å². The van der Waals surface area contributed by atoms with Crippen molar-refractivity contribution in [2.45, 2.75) is 31.3 Å². The Morgan fingerprint density at radius 1 is 1.12 bits per heavy atom. The molecule has 0 saturated heterocycles. The van der Waals surface area contributed by atoms with Gasteiger partial charge in [-0.05, 0) is 48.9 Å². The summed E-state index contributed by atoms with van der Waals surface area (Å²) in [7, 11) is 0. The van der Waals surface area contributed by atoms with Crippen molar-refractivity contribution in [3.63, 3.8) is 0 Å². The van der Waals surface area contributed by atoms with Crippen LogP contribution in [0.5, 0.6) is 17.2 Å². The molecule has 3 atom stereocenters. The van der Waals surface area contributed by atoms with Gasteiger partial charge < -0.3 is 14.8 Å². The van der Waals surface area contributed by atoms with Crippen molar-refractivity contribution in [1.82, 2.24) is 4.98 Å². The summed E-state index contributed by atoms with van der Waals surface area (Å²) in [6.07, 6.45) is 2.62. The number of ether oxygens (including phenoxy) is 2. The molecule has 3 heterocycles. The molecule has 6 rings (SSSR count). The third-order valence-corrected chi connectivity index (χ3v) is 6.46. The molecule has 0 bridgehead atoms. The fourth-order valence-electron chi connectivity index (χ4n) is 4.74. The lowest BCUT2D eigenvalue weighted by Crippen LogP contribution is -2.20. The van der Waals surface area contributed by atoms with Crippen LogP contribution in [0.4, 0.5) is 14.6 Å². The second-order valence-electron chi connectivity index (χ2n) is 8.51. The first-order chi connectivity index (χ1) is 16.0. The van der Waals surface area contributed by atoms with Crippen molar-refractivity contribution in [3.05, 3.63) is 77.0 Å². The van der Waals surface area contributed by atoms with E-state index in [1.165, 1.54) is 6.07 Å². The number of rotatable bonds is 5. The molecule has 3 aromatic rings. The van der Waals surface area contributed by atoms with Gasteiger partial charge in [0.2, 0.25) is 5.91 Å². The number of amides is 1. The third-order valence-electron chi connectivity index (χ3n) is 6.46. The normalized spacial score (nSPS) is 21.9. The molecule has 33 heavy (non-hydrogen) atoms. The highest BCUT2D eigenvalue weighted by Crippen LogP contribution is 2.60. The molecule has 1 N–H and O–H groups in total. The van der Waals surface area contributed by atoms with E-state index >= 15 is 0 Å². The topological polar surface area (TPSA) is 77.5 Å². The summed E-state index contributed by atoms with van der Waals surface area (Å²) < 4.78 is 38.7. The molecular formula is C25H18F2N2O4. The number of fused-ring (bicyclic) bond motifs is 4. The SMILES string of the molecule is O=C1CCc2c(Oc3ccc4c(c3)[C@H]3[C@H](CC(=O)c5ccc(F)c(F)c5)[C@H]3O4)ccnc2N1. The van der Waals surface area contributed by atoms with E-state index in [9.17, 15) is 18.4 Å². The molecule has 1 fully saturated rings. The van der Waals surface area contributed by atoms with Gasteiger partial charge in [0.05, 0.1) is 0 Å². The zero-order valence-electron chi connectivity index (χ0n) is 17.3. The van der Waals surface area contributed by atoms with Crippen LogP contribution in [0.1, 0.15) is 40.2 Å². The molecule has 0 spiro atoms. The first-order valence-electron chi connectivity index (χ1n) is 10.7. The maximum absolute atomic E-state index is 13.5. The van der Waals surface area contributed by atoms with Crippen molar-refractivity contribution in [3.8, 4) is 17.2 Å². The van der Waals surface area contributed by atoms with E-state index in [1.807, 2.05) is 18.2 Å². The zero-order chi connectivity index (χ0) is 22.7. The van der Waals surface area contributed by atoms with Gasteiger partial charge in [0.15, 0.2) is 17.4 Å². The van der Waals surface area contributed by atoms with Gasteiger partial charge >= 0.3 is 0 Å². The highest BCUT2D eigenvalue weighted by atomic mass is 19.2. The Morgan fingerprint density at radius 2 is 2.00 bits per heavy atom. The number of carbonyl (C=O) groups is 2. The van der Waals surface area contributed by atoms with E-state index in [1.54, 1.807) is 12.3 Å². The summed E-state index contributed by atoms with van der Waals surface area (Å²) in [6, 6.07) is 10.6. The Labute approximate surface area is 187 Å². The minimum absolute atomic E-state index is 0.0164. The van der Waals surface area contributed by atoms with Crippen molar-refractivity contribution >= 4 is 17.5 Å². The van der Waals surface area contributed by atoms with Gasteiger partial charge in [-0.2, -0.15) is 0 Å². The number of benzene rings is 2. The van der Waals surface area contributed by atoms with Gasteiger partial charge in [-0.15, -0.1) is 0 Å². The molecule has 0 radical (unpaired) electrons. The van der Waals surface area contributed by atoms with E-state index in [2.05, 4.69) is 10.3 Å². The number of carbonyl (C=O) groups excluding carboxylic acids is 2. The van der Waals surface area contributed by atoms with Crippen LogP contribution in [0.2, 0.25) is 0 Å². The first-order valence-corrected chi connectivity index (χ1v) is 10.7. The lowest BCUT2D eigenvalue weighted by molar-refractivity contribution is -0.116. The Balaban J connectivity index is 1.19. The number of aromatic nitrogens is 1. The van der Waals surface area contributed by atoms with E-state index in [0.29, 0.717) is 30.2 Å². The lowest BCUT2D eigenvalue weighted by Gasteiger charge is -2.19. The number of Topliss-reactive ketones (excluding diaryl/α,β-unsaturated/α-hetero) is 1. The summed E-state index contributed by atoms with van der Waals surface area (Å²) in [4.78, 5) is 28.4. The van der Waals surface area contributed by atoms with E-state index < -0.39 is 11.6 Å². The van der Waals surface area contributed by atoms with Crippen LogP contribution in [0.3, 0.4) is 0 Å². The van der Waals surface area contributed by atoms with E-state index in [4.69, 9.17) is 9.47 Å². The predicted molar refractivity (Wildman–Crippen MR) is 114 cm³/mol. The molecular weight excluding hydrogens is 430 g/mol. The van der Waals surface area contributed by atoms with Gasteiger partial charge in [-0.25, -0.2) is 13.8 Å². The highest BCUT2D eigenvalue weighted by molar-refractivity contribution is 5.96. The number of hydrogen-bond donors (Lipinski definition) is 1. The number of anilines is 1. The largest absolute Gasteiger partial charge is 0.489 e. The average molecular weight is 448 g/mol. The maximum atomic E-state index is 13.5. The van der Waals surface area contributed by atoms with Gasteiger partial charge in [0.25, 0.3) is 0 Å². The average Bonchev–Trinajstić information content (AvgIpc) is 3.32. The van der Waals surface area contributed by atoms with Crippen molar-refractivity contribution in [1.29, 1.82) is 0 Å². The molecule has 8 heteroatoms. The van der Waals surface area contributed by atoms with Crippen LogP contribution in [0, 0.1) is 17.6 Å². The Kier molecular flexibility index (Phi) is 4.43. The number of pyridine rings is 1. The number of hydrogen-bond acceptors (Lipinski definition) is 5. The molecule has 1 aromatic heterocycles. The van der Waals surface area contributed by atoms with Gasteiger partial charge in [-0.1, -0.05) is 0 Å². The molecule has 6 nitrogen and oxygen atoms in total. The Hall–Kier alpha value is -3.81. The molecule has 3 aliphatic rings. The third kappa shape index (κ3) is 3.42. The molecule has 1 aliphatic carbocycles. The molecule has 1 amide bonds. The minimum Gasteiger partial charge on any atom is -0.489 e. The summed E-state index contributed by atoms with van der Waals surface area (Å²) >= 11 is 0. The molecule has 2 aromatic carbocycles. The van der Waals surface area contributed by atoms with Gasteiger partial charge in [0.1, 0.15) is 29.2 Å². The van der Waals surface area contributed by atoms with Crippen LogP contribution in [0.25, 0.3) is 0 Å². The number of halogens is 2. The Bertz CT molecular complexity index is 1330. The summed E-state index contributed by atoms with van der Waals surface area (Å²) in [5.74, 6) is 0.277. The van der Waals surface area contributed by atoms with E-state index in [0.717, 1.165) is 29.0 Å². The fourth-order valence-corrected chi connectivity index (χ4v) is 4.74. The quantitative estimate of drug-likeness (QED) is 0.569. The van der Waals surface area contributed by atoms with Gasteiger partial charge in [-0.3, -0.25) is 9.59 Å². The fraction of sp³-hybridized carbons (Fsp3) is 0.240. The number of nitrogens with zero attached hydrogens (tertiary/aromatic N) is 1. The number of ketones is 1. The summed E-state index contributed by atoms with van der Waals surface area (Å²) in [5, 5.41) is 2.76. The van der Waals surface area contributed by atoms with Crippen LogP contribution in [0.15, 0.2) is 48.7 Å². The monoisotopic (exact) mass is 448 g/mol. The maximum Gasteiger partial charge on any atom is 0.225 e. The number of nitrogens with one attached hydrogen (secondary N) is 1. The highest BCUT2D eigenvalue weighted by Gasteiger charge is 2.59. The van der Waals surface area contributed by atoms with Crippen molar-refractivity contribution in [2.75, 3.05) is 5.32 Å². The molecule has 0 unspecified atom stereocenters. The zero-order valence-corrected chi connectivity index (χ0v) is 17.3. The smallest absolute Gasteiger partial charge is 0.225 e. The van der Waals surface area contributed by atoms with E-state index in [-0.39, 0.29) is 41.6 Å². The van der Waals surface area contributed by atoms with Gasteiger partial charge in [0, 0.05) is 47.6 Å². The molecule has 166 valence electrons. The second-order valence-corrected chi connectivity index (χ2v) is 8.51. The Morgan fingerprint density at radius 3 is 2.85 bits per heavy atom. The minimum atomic E-state index is -1.03. The van der Waals surface area contributed by atoms with Crippen LogP contribution in [-0.2, 0) is 11.2 Å².